The van der Waals surface area contributed by atoms with Crippen LogP contribution in [0.2, 0.25) is 0 Å². The predicted octanol–water partition coefficient (Wildman–Crippen LogP) is 4.14. The maximum absolute atomic E-state index is 6.29. The first-order valence-corrected chi connectivity index (χ1v) is 7.14. The topological polar surface area (TPSA) is 27.1 Å². The van der Waals surface area contributed by atoms with Gasteiger partial charge in [-0.05, 0) is 37.3 Å². The smallest absolute Gasteiger partial charge is 0.127 e. The fourth-order valence-corrected chi connectivity index (χ4v) is 2.64. The Balaban J connectivity index is 2.12. The number of fused-ring (bicyclic) bond motifs is 1. The Morgan fingerprint density at radius 2 is 2.21 bits per heavy atom. The van der Waals surface area contributed by atoms with E-state index >= 15 is 0 Å². The molecule has 1 heterocycles. The number of aromatic nitrogens is 2. The second-order valence-corrected chi connectivity index (χ2v) is 6.49. The normalized spacial score (nSPS) is 18.5. The largest absolute Gasteiger partial charge is 0.497 e. The molecule has 0 saturated heterocycles. The van der Waals surface area contributed by atoms with E-state index in [2.05, 4.69) is 22.5 Å². The van der Waals surface area contributed by atoms with E-state index in [4.69, 9.17) is 16.3 Å². The van der Waals surface area contributed by atoms with Crippen molar-refractivity contribution in [2.75, 3.05) is 7.11 Å². The Kier molecular flexibility index (Phi) is 2.97. The molecule has 1 atom stereocenters. The number of halogens is 1. The van der Waals surface area contributed by atoms with Gasteiger partial charge in [-0.3, -0.25) is 0 Å². The summed E-state index contributed by atoms with van der Waals surface area (Å²) in [7, 11) is 1.68. The summed E-state index contributed by atoms with van der Waals surface area (Å²) in [4.78, 5) is 4.68. The van der Waals surface area contributed by atoms with E-state index in [0.29, 0.717) is 5.41 Å². The number of ether oxygens (including phenoxy) is 1. The van der Waals surface area contributed by atoms with Gasteiger partial charge in [0, 0.05) is 12.6 Å². The molecule has 0 amide bonds. The minimum Gasteiger partial charge on any atom is -0.497 e. The van der Waals surface area contributed by atoms with Gasteiger partial charge in [0.25, 0.3) is 0 Å². The molecule has 1 aliphatic rings. The summed E-state index contributed by atoms with van der Waals surface area (Å²) in [6, 6.07) is 6.04. The van der Waals surface area contributed by atoms with Crippen LogP contribution in [-0.2, 0) is 6.54 Å². The fraction of sp³-hybridized carbons (Fsp3) is 0.533. The van der Waals surface area contributed by atoms with Crippen LogP contribution in [0.15, 0.2) is 18.2 Å². The van der Waals surface area contributed by atoms with Crippen molar-refractivity contribution in [2.45, 2.75) is 38.6 Å². The highest BCUT2D eigenvalue weighted by Gasteiger charge is 2.38. The van der Waals surface area contributed by atoms with Crippen LogP contribution in [0.5, 0.6) is 5.75 Å². The third kappa shape index (κ3) is 2.32. The van der Waals surface area contributed by atoms with Gasteiger partial charge in [-0.1, -0.05) is 6.92 Å². The van der Waals surface area contributed by atoms with Gasteiger partial charge in [0.2, 0.25) is 0 Å². The average Bonchev–Trinajstić information content (AvgIpc) is 2.99. The molecule has 1 unspecified atom stereocenters. The molecular formula is C15H19ClN2O. The van der Waals surface area contributed by atoms with Crippen LogP contribution in [0.3, 0.4) is 0 Å². The Labute approximate surface area is 118 Å². The van der Waals surface area contributed by atoms with Crippen molar-refractivity contribution < 1.29 is 4.74 Å². The molecule has 3 rings (SSSR count). The molecule has 1 aromatic carbocycles. The third-order valence-electron chi connectivity index (χ3n) is 3.98. The van der Waals surface area contributed by atoms with Gasteiger partial charge in [-0.15, -0.1) is 11.6 Å². The molecule has 0 aliphatic heterocycles. The summed E-state index contributed by atoms with van der Waals surface area (Å²) >= 11 is 6.29. The first kappa shape index (κ1) is 12.8. The van der Waals surface area contributed by atoms with Crippen LogP contribution in [-0.4, -0.2) is 16.7 Å². The van der Waals surface area contributed by atoms with Crippen molar-refractivity contribution in [2.24, 2.45) is 5.41 Å². The van der Waals surface area contributed by atoms with Crippen molar-refractivity contribution in [1.29, 1.82) is 0 Å². The van der Waals surface area contributed by atoms with Crippen LogP contribution in [0.25, 0.3) is 11.0 Å². The van der Waals surface area contributed by atoms with Crippen LogP contribution < -0.4 is 4.74 Å². The van der Waals surface area contributed by atoms with E-state index in [1.54, 1.807) is 7.11 Å². The standard InChI is InChI=1S/C15H19ClN2O/c1-10(16)14-17-12-8-11(19-3)4-5-13(12)18(14)9-15(2)6-7-15/h4-5,8,10H,6-7,9H2,1-3H3. The van der Waals surface area contributed by atoms with Gasteiger partial charge in [0.05, 0.1) is 23.5 Å². The minimum absolute atomic E-state index is 0.0826. The number of imidazole rings is 1. The second kappa shape index (κ2) is 4.41. The number of benzene rings is 1. The lowest BCUT2D eigenvalue weighted by Gasteiger charge is -2.14. The summed E-state index contributed by atoms with van der Waals surface area (Å²) < 4.78 is 7.54. The zero-order chi connectivity index (χ0) is 13.6. The minimum atomic E-state index is -0.0826. The lowest BCUT2D eigenvalue weighted by molar-refractivity contribution is 0.415. The summed E-state index contributed by atoms with van der Waals surface area (Å²) in [5, 5.41) is -0.0826. The maximum atomic E-state index is 6.29. The van der Waals surface area contributed by atoms with Gasteiger partial charge >= 0.3 is 0 Å². The molecule has 0 spiro atoms. The lowest BCUT2D eigenvalue weighted by Crippen LogP contribution is -2.11. The maximum Gasteiger partial charge on any atom is 0.127 e. The van der Waals surface area contributed by atoms with E-state index in [0.717, 1.165) is 29.2 Å². The lowest BCUT2D eigenvalue weighted by atomic mass is 10.1. The number of rotatable bonds is 4. The van der Waals surface area contributed by atoms with Gasteiger partial charge < -0.3 is 9.30 Å². The quantitative estimate of drug-likeness (QED) is 0.786. The van der Waals surface area contributed by atoms with Crippen molar-refractivity contribution in [3.8, 4) is 5.75 Å². The van der Waals surface area contributed by atoms with E-state index in [9.17, 15) is 0 Å². The molecule has 1 aliphatic carbocycles. The Bertz CT molecular complexity index is 614. The molecule has 4 heteroatoms. The van der Waals surface area contributed by atoms with Crippen molar-refractivity contribution in [1.82, 2.24) is 9.55 Å². The molecule has 0 radical (unpaired) electrons. The molecule has 19 heavy (non-hydrogen) atoms. The summed E-state index contributed by atoms with van der Waals surface area (Å²) in [5.74, 6) is 1.79. The van der Waals surface area contributed by atoms with Gasteiger partial charge in [-0.25, -0.2) is 4.98 Å². The van der Waals surface area contributed by atoms with Crippen LogP contribution in [0.1, 0.15) is 37.9 Å². The van der Waals surface area contributed by atoms with Gasteiger partial charge in [0.15, 0.2) is 0 Å². The van der Waals surface area contributed by atoms with Crippen molar-refractivity contribution in [3.63, 3.8) is 0 Å². The summed E-state index contributed by atoms with van der Waals surface area (Å²) in [6.07, 6.45) is 2.58. The molecule has 0 N–H and O–H groups in total. The monoisotopic (exact) mass is 278 g/mol. The Hall–Kier alpha value is -1.22. The highest BCUT2D eigenvalue weighted by atomic mass is 35.5. The second-order valence-electron chi connectivity index (χ2n) is 5.84. The molecule has 1 fully saturated rings. The molecule has 1 saturated carbocycles. The molecule has 0 bridgehead atoms. The van der Waals surface area contributed by atoms with Gasteiger partial charge in [-0.2, -0.15) is 0 Å². The zero-order valence-corrected chi connectivity index (χ0v) is 12.4. The van der Waals surface area contributed by atoms with Crippen LogP contribution in [0, 0.1) is 5.41 Å². The molecule has 102 valence electrons. The van der Waals surface area contributed by atoms with Crippen molar-refractivity contribution in [3.05, 3.63) is 24.0 Å². The summed E-state index contributed by atoms with van der Waals surface area (Å²) in [6.45, 7) is 5.30. The number of nitrogens with zero attached hydrogens (tertiary/aromatic N) is 2. The molecule has 2 aromatic rings. The SMILES string of the molecule is COc1ccc2c(c1)nc(C(C)Cl)n2CC1(C)CC1. The highest BCUT2D eigenvalue weighted by molar-refractivity contribution is 6.20. The number of alkyl halides is 1. The summed E-state index contributed by atoms with van der Waals surface area (Å²) in [5.41, 5.74) is 2.54. The highest BCUT2D eigenvalue weighted by Crippen LogP contribution is 2.47. The van der Waals surface area contributed by atoms with Crippen LogP contribution in [0.4, 0.5) is 0 Å². The van der Waals surface area contributed by atoms with E-state index in [1.807, 2.05) is 19.1 Å². The van der Waals surface area contributed by atoms with Crippen molar-refractivity contribution >= 4 is 22.6 Å². The number of hydrogen-bond acceptors (Lipinski definition) is 2. The van der Waals surface area contributed by atoms with E-state index < -0.39 is 0 Å². The predicted molar refractivity (Wildman–Crippen MR) is 77.9 cm³/mol. The zero-order valence-electron chi connectivity index (χ0n) is 11.6. The first-order chi connectivity index (χ1) is 9.02. The average molecular weight is 279 g/mol. The van der Waals surface area contributed by atoms with Crippen LogP contribution >= 0.6 is 11.6 Å². The van der Waals surface area contributed by atoms with E-state index in [-0.39, 0.29) is 5.38 Å². The van der Waals surface area contributed by atoms with Gasteiger partial charge in [0.1, 0.15) is 11.6 Å². The Morgan fingerprint density at radius 1 is 1.47 bits per heavy atom. The molecule has 1 aromatic heterocycles. The molecule has 3 nitrogen and oxygen atoms in total. The van der Waals surface area contributed by atoms with E-state index in [1.165, 1.54) is 12.8 Å². The number of methoxy groups -OCH3 is 1. The Morgan fingerprint density at radius 3 is 2.79 bits per heavy atom. The number of hydrogen-bond donors (Lipinski definition) is 0. The third-order valence-corrected chi connectivity index (χ3v) is 4.18. The fourth-order valence-electron chi connectivity index (χ4n) is 2.48. The first-order valence-electron chi connectivity index (χ1n) is 6.71. The molecular weight excluding hydrogens is 260 g/mol.